The number of rotatable bonds is 3. The Labute approximate surface area is 158 Å². The molecule has 28 heavy (non-hydrogen) atoms. The van der Waals surface area contributed by atoms with Crippen molar-refractivity contribution < 1.29 is 23.4 Å². The summed E-state index contributed by atoms with van der Waals surface area (Å²) in [5.74, 6) is 0.584. The van der Waals surface area contributed by atoms with Gasteiger partial charge in [0.2, 0.25) is 6.79 Å². The quantitative estimate of drug-likeness (QED) is 0.306. The highest BCUT2D eigenvalue weighted by Crippen LogP contribution is 2.33. The van der Waals surface area contributed by atoms with Gasteiger partial charge in [-0.25, -0.2) is 9.59 Å². The number of esters is 1. The molecule has 138 valence electrons. The molecular weight excluding hydrogens is 360 g/mol. The molecular formula is C22H14O6. The number of fused-ring (bicyclic) bond motifs is 4. The van der Waals surface area contributed by atoms with Gasteiger partial charge >= 0.3 is 11.6 Å². The summed E-state index contributed by atoms with van der Waals surface area (Å²) < 4.78 is 21.3. The van der Waals surface area contributed by atoms with Gasteiger partial charge in [0.15, 0.2) is 11.5 Å². The first-order chi connectivity index (χ1) is 13.7. The van der Waals surface area contributed by atoms with Crippen molar-refractivity contribution in [2.45, 2.75) is 6.61 Å². The van der Waals surface area contributed by atoms with Crippen molar-refractivity contribution in [3.63, 3.8) is 0 Å². The molecule has 0 unspecified atom stereocenters. The minimum atomic E-state index is -0.514. The molecule has 1 aliphatic rings. The molecule has 4 aromatic rings. The summed E-state index contributed by atoms with van der Waals surface area (Å²) in [7, 11) is 0. The fourth-order valence-electron chi connectivity index (χ4n) is 3.38. The van der Waals surface area contributed by atoms with Gasteiger partial charge in [-0.15, -0.1) is 0 Å². The lowest BCUT2D eigenvalue weighted by atomic mass is 10.0. The summed E-state index contributed by atoms with van der Waals surface area (Å²) >= 11 is 0. The second-order valence-electron chi connectivity index (χ2n) is 6.39. The van der Waals surface area contributed by atoms with Crippen molar-refractivity contribution in [1.29, 1.82) is 0 Å². The molecule has 0 saturated carbocycles. The lowest BCUT2D eigenvalue weighted by molar-refractivity contribution is 0.0473. The van der Waals surface area contributed by atoms with Crippen LogP contribution in [0.25, 0.3) is 21.7 Å². The van der Waals surface area contributed by atoms with Gasteiger partial charge in [-0.3, -0.25) is 0 Å². The monoisotopic (exact) mass is 374 g/mol. The van der Waals surface area contributed by atoms with Crippen LogP contribution in [0.1, 0.15) is 15.9 Å². The van der Waals surface area contributed by atoms with Crippen molar-refractivity contribution in [1.82, 2.24) is 0 Å². The first-order valence-electron chi connectivity index (χ1n) is 8.70. The third-order valence-electron chi connectivity index (χ3n) is 4.68. The standard InChI is InChI=1S/C22H14O6/c23-20-10-15(21-16-4-2-1-3-13(16)5-8-18(21)28-20)11-25-22(24)14-6-7-17-19(9-14)27-12-26-17/h1-10H,11-12H2. The summed E-state index contributed by atoms with van der Waals surface area (Å²) in [5.41, 5.74) is 0.913. The van der Waals surface area contributed by atoms with E-state index in [-0.39, 0.29) is 13.4 Å². The fourth-order valence-corrected chi connectivity index (χ4v) is 3.38. The van der Waals surface area contributed by atoms with Gasteiger partial charge in [0, 0.05) is 17.0 Å². The van der Waals surface area contributed by atoms with Gasteiger partial charge < -0.3 is 18.6 Å². The van der Waals surface area contributed by atoms with Gasteiger partial charge in [-0.2, -0.15) is 0 Å². The summed E-state index contributed by atoms with van der Waals surface area (Å²) in [6.07, 6.45) is 0. The van der Waals surface area contributed by atoms with Crippen LogP contribution in [0.5, 0.6) is 11.5 Å². The molecule has 1 aliphatic heterocycles. The average Bonchev–Trinajstić information content (AvgIpc) is 3.19. The summed E-state index contributed by atoms with van der Waals surface area (Å²) in [4.78, 5) is 24.4. The highest BCUT2D eigenvalue weighted by molar-refractivity contribution is 6.07. The van der Waals surface area contributed by atoms with Gasteiger partial charge in [-0.05, 0) is 35.0 Å². The second kappa shape index (κ2) is 6.42. The van der Waals surface area contributed by atoms with E-state index in [4.69, 9.17) is 18.6 Å². The Morgan fingerprint density at radius 1 is 0.964 bits per heavy atom. The maximum atomic E-state index is 12.5. The Morgan fingerprint density at radius 2 is 1.82 bits per heavy atom. The Hall–Kier alpha value is -3.80. The lowest BCUT2D eigenvalue weighted by Crippen LogP contribution is -2.08. The molecule has 0 spiro atoms. The number of hydrogen-bond donors (Lipinski definition) is 0. The number of carbonyl (C=O) groups is 1. The normalized spacial score (nSPS) is 12.4. The van der Waals surface area contributed by atoms with Crippen LogP contribution in [0.4, 0.5) is 0 Å². The third kappa shape index (κ3) is 2.75. The Kier molecular flexibility index (Phi) is 3.76. The molecule has 0 amide bonds. The molecule has 3 aromatic carbocycles. The van der Waals surface area contributed by atoms with Crippen molar-refractivity contribution in [3.05, 3.63) is 82.2 Å². The van der Waals surface area contributed by atoms with E-state index >= 15 is 0 Å². The van der Waals surface area contributed by atoms with Crippen molar-refractivity contribution in [3.8, 4) is 11.5 Å². The maximum Gasteiger partial charge on any atom is 0.338 e. The number of carbonyl (C=O) groups excluding carboxylic acids is 1. The van der Waals surface area contributed by atoms with Crippen LogP contribution in [-0.4, -0.2) is 12.8 Å². The molecule has 6 nitrogen and oxygen atoms in total. The molecule has 6 heteroatoms. The summed E-state index contributed by atoms with van der Waals surface area (Å²) in [6, 6.07) is 17.6. The van der Waals surface area contributed by atoms with Gasteiger partial charge in [0.25, 0.3) is 0 Å². The largest absolute Gasteiger partial charge is 0.457 e. The summed E-state index contributed by atoms with van der Waals surface area (Å²) in [5, 5.41) is 2.70. The van der Waals surface area contributed by atoms with Gasteiger partial charge in [-0.1, -0.05) is 30.3 Å². The van der Waals surface area contributed by atoms with Crippen LogP contribution in [0.15, 0.2) is 69.9 Å². The number of benzene rings is 3. The van der Waals surface area contributed by atoms with Crippen LogP contribution in [-0.2, 0) is 11.3 Å². The van der Waals surface area contributed by atoms with Crippen molar-refractivity contribution >= 4 is 27.7 Å². The molecule has 0 atom stereocenters. The van der Waals surface area contributed by atoms with Crippen molar-refractivity contribution in [2.24, 2.45) is 0 Å². The molecule has 0 saturated heterocycles. The van der Waals surface area contributed by atoms with Gasteiger partial charge in [0.05, 0.1) is 5.56 Å². The van der Waals surface area contributed by atoms with Crippen molar-refractivity contribution in [2.75, 3.05) is 6.79 Å². The molecule has 2 heterocycles. The first-order valence-corrected chi connectivity index (χ1v) is 8.70. The highest BCUT2D eigenvalue weighted by atomic mass is 16.7. The molecule has 0 fully saturated rings. The van der Waals surface area contributed by atoms with Crippen LogP contribution < -0.4 is 15.1 Å². The molecule has 1 aromatic heterocycles. The molecule has 0 bridgehead atoms. The van der Waals surface area contributed by atoms with Crippen LogP contribution in [0, 0.1) is 0 Å². The summed E-state index contributed by atoms with van der Waals surface area (Å²) in [6.45, 7) is 0.0794. The zero-order chi connectivity index (χ0) is 19.1. The number of ether oxygens (including phenoxy) is 3. The Balaban J connectivity index is 1.50. The Morgan fingerprint density at radius 3 is 2.75 bits per heavy atom. The van der Waals surface area contributed by atoms with Crippen LogP contribution in [0.2, 0.25) is 0 Å². The SMILES string of the molecule is O=C(OCc1cc(=O)oc2ccc3ccccc3c12)c1ccc2c(c1)OCO2. The number of hydrogen-bond acceptors (Lipinski definition) is 6. The smallest absolute Gasteiger partial charge is 0.338 e. The van der Waals surface area contributed by atoms with E-state index in [2.05, 4.69) is 0 Å². The second-order valence-corrected chi connectivity index (χ2v) is 6.39. The van der Waals surface area contributed by atoms with E-state index in [9.17, 15) is 9.59 Å². The Bertz CT molecular complexity index is 1290. The van der Waals surface area contributed by atoms with E-state index < -0.39 is 11.6 Å². The third-order valence-corrected chi connectivity index (χ3v) is 4.68. The topological polar surface area (TPSA) is 75.0 Å². The van der Waals surface area contributed by atoms with E-state index in [0.29, 0.717) is 28.2 Å². The highest BCUT2D eigenvalue weighted by Gasteiger charge is 2.18. The zero-order valence-electron chi connectivity index (χ0n) is 14.6. The van der Waals surface area contributed by atoms with E-state index in [1.54, 1.807) is 24.3 Å². The minimum Gasteiger partial charge on any atom is -0.457 e. The molecule has 0 N–H and O–H groups in total. The predicted octanol–water partition coefficient (Wildman–Crippen LogP) is 4.03. The van der Waals surface area contributed by atoms with E-state index in [0.717, 1.165) is 16.2 Å². The first kappa shape index (κ1) is 16.4. The van der Waals surface area contributed by atoms with Crippen LogP contribution >= 0.6 is 0 Å². The molecule has 0 radical (unpaired) electrons. The molecule has 0 aliphatic carbocycles. The van der Waals surface area contributed by atoms with Crippen LogP contribution in [0.3, 0.4) is 0 Å². The lowest BCUT2D eigenvalue weighted by Gasteiger charge is -2.10. The maximum absolute atomic E-state index is 12.5. The predicted molar refractivity (Wildman–Crippen MR) is 102 cm³/mol. The van der Waals surface area contributed by atoms with Gasteiger partial charge in [0.1, 0.15) is 12.2 Å². The molecule has 5 rings (SSSR count). The van der Waals surface area contributed by atoms with E-state index in [1.807, 2.05) is 30.3 Å². The van der Waals surface area contributed by atoms with E-state index in [1.165, 1.54) is 6.07 Å². The average molecular weight is 374 g/mol. The fraction of sp³-hybridized carbons (Fsp3) is 0.0909. The minimum absolute atomic E-state index is 0.0522. The zero-order valence-corrected chi connectivity index (χ0v) is 14.6.